The summed E-state index contributed by atoms with van der Waals surface area (Å²) in [6.07, 6.45) is 5.43. The fraction of sp³-hybridized carbons (Fsp3) is 0.483. The van der Waals surface area contributed by atoms with Crippen molar-refractivity contribution < 1.29 is 57.0 Å². The molecule has 0 unspecified atom stereocenters. The van der Waals surface area contributed by atoms with Gasteiger partial charge in [-0.2, -0.15) is 0 Å². The Morgan fingerprint density at radius 2 is 1.63 bits per heavy atom. The second-order valence-electron chi connectivity index (χ2n) is 21.9. The molecule has 5 amide bonds. The predicted molar refractivity (Wildman–Crippen MR) is 288 cm³/mol. The minimum Gasteiger partial charge on any atom is -0.460 e. The van der Waals surface area contributed by atoms with Crippen molar-refractivity contribution in [3.8, 4) is 11.4 Å². The number of unbranched alkanes of at least 4 members (excludes halogenated alkanes) is 2. The number of hydrogen-bond donors (Lipinski definition) is 3. The van der Waals surface area contributed by atoms with E-state index in [-0.39, 0.29) is 99.8 Å². The maximum atomic E-state index is 15.4. The number of cyclic esters (lactones) is 1. The first-order valence-electron chi connectivity index (χ1n) is 27.4. The number of carbonyl (C=O) groups is 9. The molecule has 1 aliphatic carbocycles. The number of esters is 1. The van der Waals surface area contributed by atoms with Crippen molar-refractivity contribution in [1.82, 2.24) is 30.4 Å². The number of halogens is 1. The van der Waals surface area contributed by atoms with Gasteiger partial charge in [-0.05, 0) is 99.1 Å². The first-order chi connectivity index (χ1) is 37.7. The molecule has 2 aromatic heterocycles. The quantitative estimate of drug-likeness (QED) is 0.0336. The van der Waals surface area contributed by atoms with Crippen LogP contribution in [0, 0.1) is 30.5 Å². The van der Waals surface area contributed by atoms with E-state index >= 15 is 4.39 Å². The van der Waals surface area contributed by atoms with Gasteiger partial charge in [0.05, 0.1) is 59.7 Å². The average molecular weight is 1090 g/mol. The predicted octanol–water partition coefficient (Wildman–Crippen LogP) is 5.83. The number of rotatable bonds is 26. The number of benzene rings is 2. The van der Waals surface area contributed by atoms with Crippen LogP contribution in [0.1, 0.15) is 137 Å². The number of Topliss-reactive ketones (excluding diaryl/α,β-unsaturated/α-hetero) is 3. The first-order valence-corrected chi connectivity index (χ1v) is 27.4. The third-order valence-electron chi connectivity index (χ3n) is 16.2. The monoisotopic (exact) mass is 1080 g/mol. The van der Waals surface area contributed by atoms with Gasteiger partial charge in [0.2, 0.25) is 17.7 Å². The van der Waals surface area contributed by atoms with Gasteiger partial charge in [0.25, 0.3) is 17.4 Å². The lowest BCUT2D eigenvalue weighted by Crippen LogP contribution is -2.45. The Hall–Kier alpha value is -7.54. The van der Waals surface area contributed by atoms with Crippen LogP contribution in [0.4, 0.5) is 4.39 Å². The third kappa shape index (κ3) is 12.5. The van der Waals surface area contributed by atoms with Gasteiger partial charge in [0.15, 0.2) is 11.6 Å². The number of aryl methyl sites for hydroxylation is 1. The number of amides is 5. The molecule has 0 radical (unpaired) electrons. The van der Waals surface area contributed by atoms with Gasteiger partial charge in [-0.15, -0.1) is 0 Å². The van der Waals surface area contributed by atoms with Crippen LogP contribution in [0.15, 0.2) is 59.4 Å². The zero-order chi connectivity index (χ0) is 56.9. The Balaban J connectivity index is 0.831. The molecule has 0 spiro atoms. The Labute approximate surface area is 457 Å². The molecular weight excluding hydrogens is 1020 g/mol. The number of aromatic nitrogens is 2. The maximum Gasteiger partial charge on any atom is 0.316 e. The number of ketones is 3. The van der Waals surface area contributed by atoms with E-state index in [1.165, 1.54) is 25.1 Å². The highest BCUT2D eigenvalue weighted by atomic mass is 19.1. The summed E-state index contributed by atoms with van der Waals surface area (Å²) in [7, 11) is 0. The lowest BCUT2D eigenvalue weighted by molar-refractivity contribution is -0.153. The summed E-state index contributed by atoms with van der Waals surface area (Å²) < 4.78 is 28.2. The van der Waals surface area contributed by atoms with Crippen molar-refractivity contribution in [3.63, 3.8) is 0 Å². The fourth-order valence-corrected chi connectivity index (χ4v) is 11.2. The van der Waals surface area contributed by atoms with E-state index in [9.17, 15) is 47.9 Å². The third-order valence-corrected chi connectivity index (χ3v) is 16.2. The summed E-state index contributed by atoms with van der Waals surface area (Å²) in [5.74, 6) is -5.71. The van der Waals surface area contributed by atoms with Crippen molar-refractivity contribution in [2.24, 2.45) is 17.8 Å². The van der Waals surface area contributed by atoms with Crippen LogP contribution in [-0.2, 0) is 84.0 Å². The molecule has 0 saturated carbocycles. The van der Waals surface area contributed by atoms with Crippen LogP contribution >= 0.6 is 0 Å². The number of hydrogen-bond acceptors (Lipinski definition) is 13. The number of nitrogens with zero attached hydrogens (tertiary/aromatic N) is 3. The molecule has 4 aromatic rings. The topological polar surface area (TPSA) is 246 Å². The molecular formula is C60H69FN6O12. The second-order valence-corrected chi connectivity index (χ2v) is 21.9. The smallest absolute Gasteiger partial charge is 0.316 e. The van der Waals surface area contributed by atoms with Crippen molar-refractivity contribution in [2.75, 3.05) is 26.3 Å². The SMILES string of the molecule is CC[C@@]1(C)C(=O)OCc2c1cc1n(c2=O)Cc2c-1nc1cc(F)c(C)c3c1c2[C@@H](NC(=O)COCCC(=O)CNC(=O)[C@@H](CC(=O)[C@H](C)NC(=O)[C@@H](CC(=O)CCCCCN1C(=O)C=CC1=O)C(C)C)Cc1ccccc1)CC3. The highest BCUT2D eigenvalue weighted by molar-refractivity contribution is 6.12. The minimum atomic E-state index is -1.05. The molecule has 4 aliphatic rings. The number of nitrogens with one attached hydrogen (secondary N) is 3. The summed E-state index contributed by atoms with van der Waals surface area (Å²) >= 11 is 0. The molecule has 79 heavy (non-hydrogen) atoms. The summed E-state index contributed by atoms with van der Waals surface area (Å²) in [6.45, 7) is 9.87. The Morgan fingerprint density at radius 3 is 2.34 bits per heavy atom. The van der Waals surface area contributed by atoms with Crippen LogP contribution in [-0.4, -0.2) is 99.7 Å². The fourth-order valence-electron chi connectivity index (χ4n) is 11.2. The number of ether oxygens (including phenoxy) is 2. The van der Waals surface area contributed by atoms with Gasteiger partial charge in [-0.1, -0.05) is 57.5 Å². The van der Waals surface area contributed by atoms with Gasteiger partial charge < -0.3 is 30.0 Å². The van der Waals surface area contributed by atoms with Gasteiger partial charge >= 0.3 is 5.97 Å². The van der Waals surface area contributed by atoms with Crippen LogP contribution in [0.3, 0.4) is 0 Å². The van der Waals surface area contributed by atoms with E-state index in [2.05, 4.69) is 16.0 Å². The largest absolute Gasteiger partial charge is 0.460 e. The number of fused-ring (bicyclic) bond motifs is 5. The zero-order valence-electron chi connectivity index (χ0n) is 45.7. The van der Waals surface area contributed by atoms with Crippen LogP contribution in [0.2, 0.25) is 0 Å². The van der Waals surface area contributed by atoms with Crippen LogP contribution in [0.25, 0.3) is 22.3 Å². The maximum absolute atomic E-state index is 15.4. The van der Waals surface area contributed by atoms with E-state index in [1.54, 1.807) is 30.5 Å². The minimum absolute atomic E-state index is 0.0235. The van der Waals surface area contributed by atoms with Gasteiger partial charge in [0, 0.05) is 73.2 Å². The first kappa shape index (κ1) is 57.6. The van der Waals surface area contributed by atoms with Gasteiger partial charge in [0.1, 0.15) is 24.8 Å². The molecule has 18 nitrogen and oxygen atoms in total. The van der Waals surface area contributed by atoms with Crippen molar-refractivity contribution in [3.05, 3.63) is 110 Å². The molecule has 3 aliphatic heterocycles. The van der Waals surface area contributed by atoms with Gasteiger partial charge in [-0.3, -0.25) is 52.8 Å². The second kappa shape index (κ2) is 24.6. The molecule has 3 N–H and O–H groups in total. The molecule has 418 valence electrons. The van der Waals surface area contributed by atoms with Crippen molar-refractivity contribution >= 4 is 63.8 Å². The summed E-state index contributed by atoms with van der Waals surface area (Å²) in [6, 6.07) is 10.7. The van der Waals surface area contributed by atoms with E-state index in [0.717, 1.165) is 27.0 Å². The van der Waals surface area contributed by atoms with Gasteiger partial charge in [-0.25, -0.2) is 9.37 Å². The average Bonchev–Trinajstić information content (AvgIpc) is 4.02. The summed E-state index contributed by atoms with van der Waals surface area (Å²) in [5.41, 5.74) is 4.49. The zero-order valence-corrected chi connectivity index (χ0v) is 45.7. The molecule has 5 heterocycles. The van der Waals surface area contributed by atoms with Crippen molar-refractivity contribution in [1.29, 1.82) is 0 Å². The van der Waals surface area contributed by atoms with Crippen LogP contribution in [0.5, 0.6) is 0 Å². The molecule has 0 saturated heterocycles. The number of imide groups is 1. The lowest BCUT2D eigenvalue weighted by atomic mass is 9.76. The molecule has 0 fully saturated rings. The molecule has 8 rings (SSSR count). The Bertz CT molecular complexity index is 3200. The normalized spacial score (nSPS) is 18.2. The Kier molecular flexibility index (Phi) is 18.0. The van der Waals surface area contributed by atoms with Crippen molar-refractivity contribution in [2.45, 2.75) is 143 Å². The molecule has 5 atom stereocenters. The highest BCUT2D eigenvalue weighted by Gasteiger charge is 2.44. The highest BCUT2D eigenvalue weighted by Crippen LogP contribution is 2.46. The van der Waals surface area contributed by atoms with Crippen LogP contribution < -0.4 is 21.5 Å². The number of pyridine rings is 2. The molecule has 0 bridgehead atoms. The van der Waals surface area contributed by atoms with E-state index < -0.39 is 71.2 Å². The lowest BCUT2D eigenvalue weighted by Gasteiger charge is -2.33. The Morgan fingerprint density at radius 1 is 0.899 bits per heavy atom. The number of carbonyl (C=O) groups excluding carboxylic acids is 9. The summed E-state index contributed by atoms with van der Waals surface area (Å²) in [5, 5.41) is 9.22. The molecule has 2 aromatic carbocycles. The van der Waals surface area contributed by atoms with E-state index in [1.807, 2.05) is 45.0 Å². The van der Waals surface area contributed by atoms with E-state index in [0.29, 0.717) is 77.7 Å². The summed E-state index contributed by atoms with van der Waals surface area (Å²) in [4.78, 5) is 137. The van der Waals surface area contributed by atoms with E-state index in [4.69, 9.17) is 14.5 Å². The molecule has 19 heteroatoms. The standard InChI is InChI=1S/C60H69FN6O12/c1-7-60(6)44-27-48-55-42(30-67(48)58(76)43(44)31-79-59(60)77)54-46(18-17-40-34(4)45(61)28-47(65-55)53(40)54)64-50(71)32-78-23-21-39(69)29-62-56(74)37(24-36-14-10-8-11-15-36)25-49(70)35(5)63-57(75)41(33(2)3)26-38(68)16-12-9-13-22-66-51(72)19-20-52(66)73/h8,10-11,14-15,19-20,27-28,33,35,37,41,46H,7,9,12-13,16-18,21-26,29-32H2,1-6H3,(H,62,74)(H,63,75)(H,64,71)/t35-,37+,41-,46-,60+/m0/s1.